The Morgan fingerprint density at radius 3 is 2.30 bits per heavy atom. The number of hydrogen-bond donors (Lipinski definition) is 1. The summed E-state index contributed by atoms with van der Waals surface area (Å²) in [4.78, 5) is 13.1. The number of benzene rings is 3. The van der Waals surface area contributed by atoms with Crippen LogP contribution in [0.25, 0.3) is 0 Å². The van der Waals surface area contributed by atoms with E-state index in [2.05, 4.69) is 15.5 Å². The van der Waals surface area contributed by atoms with Crippen LogP contribution in [0.3, 0.4) is 0 Å². The Kier molecular flexibility index (Phi) is 6.25. The van der Waals surface area contributed by atoms with Crippen LogP contribution < -0.4 is 5.32 Å². The van der Waals surface area contributed by atoms with Crippen LogP contribution in [0.1, 0.15) is 27.8 Å². The van der Waals surface area contributed by atoms with E-state index < -0.39 is 5.25 Å². The molecular weight excluding hydrogens is 394 g/mol. The number of aryl methyl sites for hydroxylation is 1. The lowest BCUT2D eigenvalue weighted by Gasteiger charge is -2.15. The van der Waals surface area contributed by atoms with Crippen molar-refractivity contribution in [3.63, 3.8) is 0 Å². The summed E-state index contributed by atoms with van der Waals surface area (Å²) >= 11 is 1.25. The van der Waals surface area contributed by atoms with Gasteiger partial charge in [0.25, 0.3) is 5.22 Å². The molecule has 30 heavy (non-hydrogen) atoms. The minimum absolute atomic E-state index is 0.141. The van der Waals surface area contributed by atoms with Gasteiger partial charge in [-0.25, -0.2) is 0 Å². The topological polar surface area (TPSA) is 68.0 Å². The summed E-state index contributed by atoms with van der Waals surface area (Å²) in [5.41, 5.74) is 3.85. The van der Waals surface area contributed by atoms with E-state index >= 15 is 0 Å². The normalized spacial score (nSPS) is 11.8. The summed E-state index contributed by atoms with van der Waals surface area (Å²) in [5.74, 6) is 0.382. The average Bonchev–Trinajstić information content (AvgIpc) is 3.22. The molecule has 1 N–H and O–H groups in total. The van der Waals surface area contributed by atoms with E-state index in [1.807, 2.05) is 91.9 Å². The minimum atomic E-state index is -0.516. The van der Waals surface area contributed by atoms with Crippen LogP contribution in [0.15, 0.2) is 94.6 Å². The lowest BCUT2D eigenvalue weighted by molar-refractivity contribution is -0.115. The molecule has 0 saturated carbocycles. The Morgan fingerprint density at radius 1 is 0.933 bits per heavy atom. The van der Waals surface area contributed by atoms with Crippen LogP contribution in [0, 0.1) is 6.92 Å². The zero-order valence-electron chi connectivity index (χ0n) is 16.5. The Bertz CT molecular complexity index is 1100. The van der Waals surface area contributed by atoms with Gasteiger partial charge in [0.2, 0.25) is 11.8 Å². The number of carbonyl (C=O) groups is 1. The van der Waals surface area contributed by atoms with Crippen molar-refractivity contribution in [3.8, 4) is 0 Å². The molecule has 5 nitrogen and oxygen atoms in total. The zero-order chi connectivity index (χ0) is 20.8. The van der Waals surface area contributed by atoms with Crippen molar-refractivity contribution >= 4 is 23.4 Å². The molecule has 0 radical (unpaired) electrons. The number of amides is 1. The van der Waals surface area contributed by atoms with Crippen molar-refractivity contribution < 1.29 is 9.21 Å². The van der Waals surface area contributed by atoms with Crippen LogP contribution in [0.4, 0.5) is 5.69 Å². The number of rotatable bonds is 7. The van der Waals surface area contributed by atoms with E-state index in [9.17, 15) is 4.79 Å². The molecule has 1 heterocycles. The first-order chi connectivity index (χ1) is 14.7. The summed E-state index contributed by atoms with van der Waals surface area (Å²) in [5, 5.41) is 11.1. The maximum Gasteiger partial charge on any atom is 0.277 e. The maximum absolute atomic E-state index is 13.1. The third kappa shape index (κ3) is 5.15. The molecule has 1 amide bonds. The summed E-state index contributed by atoms with van der Waals surface area (Å²) in [6, 6.07) is 27.3. The molecule has 0 fully saturated rings. The first kappa shape index (κ1) is 19.9. The summed E-state index contributed by atoms with van der Waals surface area (Å²) in [6.07, 6.45) is 0.556. The van der Waals surface area contributed by atoms with Gasteiger partial charge < -0.3 is 9.73 Å². The van der Waals surface area contributed by atoms with Crippen molar-refractivity contribution in [3.05, 3.63) is 108 Å². The van der Waals surface area contributed by atoms with Crippen molar-refractivity contribution in [1.82, 2.24) is 10.2 Å². The molecule has 1 unspecified atom stereocenters. The van der Waals surface area contributed by atoms with Crippen molar-refractivity contribution in [1.29, 1.82) is 0 Å². The Morgan fingerprint density at radius 2 is 1.60 bits per heavy atom. The van der Waals surface area contributed by atoms with Crippen LogP contribution in [-0.4, -0.2) is 16.1 Å². The lowest BCUT2D eigenvalue weighted by Crippen LogP contribution is -2.19. The van der Waals surface area contributed by atoms with Gasteiger partial charge in [0.15, 0.2) is 0 Å². The molecule has 0 bridgehead atoms. The second-order valence-corrected chi connectivity index (χ2v) is 7.94. The molecule has 4 rings (SSSR count). The quantitative estimate of drug-likeness (QED) is 0.407. The number of nitrogens with zero attached hydrogens (tertiary/aromatic N) is 2. The van der Waals surface area contributed by atoms with E-state index in [-0.39, 0.29) is 5.91 Å². The Labute approximate surface area is 179 Å². The number of carbonyl (C=O) groups excluding carboxylic acids is 1. The second-order valence-electron chi connectivity index (χ2n) is 6.89. The van der Waals surface area contributed by atoms with Crippen LogP contribution in [0.2, 0.25) is 0 Å². The van der Waals surface area contributed by atoms with Gasteiger partial charge in [0.1, 0.15) is 5.25 Å². The minimum Gasteiger partial charge on any atom is -0.416 e. The molecule has 150 valence electrons. The average molecular weight is 416 g/mol. The fraction of sp³-hybridized carbons (Fsp3) is 0.125. The predicted molar refractivity (Wildman–Crippen MR) is 118 cm³/mol. The highest BCUT2D eigenvalue weighted by atomic mass is 32.2. The van der Waals surface area contributed by atoms with Crippen molar-refractivity contribution in [2.24, 2.45) is 0 Å². The van der Waals surface area contributed by atoms with Gasteiger partial charge in [-0.3, -0.25) is 4.79 Å². The molecule has 0 spiro atoms. The molecule has 6 heteroatoms. The Hall–Kier alpha value is -3.38. The number of hydrogen-bond acceptors (Lipinski definition) is 5. The largest absolute Gasteiger partial charge is 0.416 e. The highest BCUT2D eigenvalue weighted by Crippen LogP contribution is 2.35. The fourth-order valence-corrected chi connectivity index (χ4v) is 3.87. The lowest BCUT2D eigenvalue weighted by atomic mass is 10.1. The molecule has 3 aromatic carbocycles. The van der Waals surface area contributed by atoms with E-state index in [1.54, 1.807) is 0 Å². The molecule has 4 aromatic rings. The molecule has 0 aliphatic rings. The molecule has 1 aromatic heterocycles. The monoisotopic (exact) mass is 415 g/mol. The molecule has 1 atom stereocenters. The number of nitrogens with one attached hydrogen (secondary N) is 1. The fourth-order valence-electron chi connectivity index (χ4n) is 2.97. The van der Waals surface area contributed by atoms with Gasteiger partial charge in [-0.15, -0.1) is 10.2 Å². The number of thioether (sulfide) groups is 1. The first-order valence-electron chi connectivity index (χ1n) is 9.63. The smallest absolute Gasteiger partial charge is 0.277 e. The summed E-state index contributed by atoms with van der Waals surface area (Å²) < 4.78 is 5.82. The standard InChI is InChI=1S/C24H21N3O2S/c1-17-12-14-20(15-13-17)25-23(28)22(19-10-6-3-7-11-19)30-24-27-26-21(29-24)16-18-8-4-2-5-9-18/h2-15,22H,16H2,1H3,(H,25,28). The van der Waals surface area contributed by atoms with Crippen molar-refractivity contribution in [2.45, 2.75) is 23.8 Å². The van der Waals surface area contributed by atoms with Crippen molar-refractivity contribution in [2.75, 3.05) is 5.32 Å². The maximum atomic E-state index is 13.1. The molecule has 0 aliphatic heterocycles. The van der Waals surface area contributed by atoms with Gasteiger partial charge >= 0.3 is 0 Å². The third-order valence-corrected chi connectivity index (χ3v) is 5.61. The number of anilines is 1. The molecule has 0 aliphatic carbocycles. The second kappa shape index (κ2) is 9.41. The van der Waals surface area contributed by atoms with Gasteiger partial charge in [0.05, 0.1) is 6.42 Å². The van der Waals surface area contributed by atoms with Crippen LogP contribution in [-0.2, 0) is 11.2 Å². The van der Waals surface area contributed by atoms with E-state index in [0.717, 1.165) is 22.4 Å². The molecular formula is C24H21N3O2S. The zero-order valence-corrected chi connectivity index (χ0v) is 17.3. The highest BCUT2D eigenvalue weighted by Gasteiger charge is 2.25. The predicted octanol–water partition coefficient (Wildman–Crippen LogP) is 5.44. The highest BCUT2D eigenvalue weighted by molar-refractivity contribution is 8.00. The SMILES string of the molecule is Cc1ccc(NC(=O)C(Sc2nnc(Cc3ccccc3)o2)c2ccccc2)cc1. The van der Waals surface area contributed by atoms with Crippen LogP contribution in [0.5, 0.6) is 0 Å². The van der Waals surface area contributed by atoms with E-state index in [0.29, 0.717) is 17.5 Å². The van der Waals surface area contributed by atoms with Gasteiger partial charge in [-0.2, -0.15) is 0 Å². The molecule has 0 saturated heterocycles. The van der Waals surface area contributed by atoms with E-state index in [4.69, 9.17) is 4.42 Å². The Balaban J connectivity index is 1.52. The summed E-state index contributed by atoms with van der Waals surface area (Å²) in [6.45, 7) is 2.01. The third-order valence-electron chi connectivity index (χ3n) is 4.52. The van der Waals surface area contributed by atoms with Gasteiger partial charge in [0, 0.05) is 5.69 Å². The van der Waals surface area contributed by atoms with Crippen LogP contribution >= 0.6 is 11.8 Å². The first-order valence-corrected chi connectivity index (χ1v) is 10.5. The van der Waals surface area contributed by atoms with E-state index in [1.165, 1.54) is 11.8 Å². The number of aromatic nitrogens is 2. The van der Waals surface area contributed by atoms with Gasteiger partial charge in [-0.05, 0) is 41.9 Å². The summed E-state index contributed by atoms with van der Waals surface area (Å²) in [7, 11) is 0. The van der Waals surface area contributed by atoms with Gasteiger partial charge in [-0.1, -0.05) is 78.4 Å².